The average molecular weight is 260 g/mol. The first kappa shape index (κ1) is 14.5. The van der Waals surface area contributed by atoms with Crippen LogP contribution in [-0.2, 0) is 6.54 Å². The number of benzene rings is 1. The van der Waals surface area contributed by atoms with Gasteiger partial charge in [0.2, 0.25) is 0 Å². The van der Waals surface area contributed by atoms with Crippen molar-refractivity contribution in [2.75, 3.05) is 26.7 Å². The molecule has 1 fully saturated rings. The highest BCUT2D eigenvalue weighted by atomic mass is 15.1. The van der Waals surface area contributed by atoms with Gasteiger partial charge in [0.05, 0.1) is 0 Å². The number of rotatable bonds is 8. The minimum atomic E-state index is 0.960. The summed E-state index contributed by atoms with van der Waals surface area (Å²) < 4.78 is 0. The van der Waals surface area contributed by atoms with Crippen LogP contribution < -0.4 is 5.32 Å². The van der Waals surface area contributed by atoms with Crippen LogP contribution in [0.15, 0.2) is 30.3 Å². The molecule has 1 aromatic rings. The largest absolute Gasteiger partial charge is 0.316 e. The fraction of sp³-hybridized carbons (Fsp3) is 0.647. The van der Waals surface area contributed by atoms with Crippen LogP contribution in [-0.4, -0.2) is 31.6 Å². The third-order valence-electron chi connectivity index (χ3n) is 4.10. The minimum Gasteiger partial charge on any atom is -0.316 e. The Kier molecular flexibility index (Phi) is 6.38. The summed E-state index contributed by atoms with van der Waals surface area (Å²) in [6, 6.07) is 10.7. The lowest BCUT2D eigenvalue weighted by Crippen LogP contribution is -2.26. The number of hydrogen-bond acceptors (Lipinski definition) is 2. The van der Waals surface area contributed by atoms with Crippen molar-refractivity contribution in [2.24, 2.45) is 5.92 Å². The first-order valence-corrected chi connectivity index (χ1v) is 7.78. The molecule has 0 radical (unpaired) electrons. The molecule has 1 aliphatic rings. The molecule has 1 saturated carbocycles. The fourth-order valence-electron chi connectivity index (χ4n) is 2.97. The van der Waals surface area contributed by atoms with E-state index in [1.165, 1.54) is 50.8 Å². The van der Waals surface area contributed by atoms with Crippen molar-refractivity contribution in [3.05, 3.63) is 35.9 Å². The molecule has 0 aliphatic heterocycles. The van der Waals surface area contributed by atoms with Crippen LogP contribution >= 0.6 is 0 Å². The van der Waals surface area contributed by atoms with Crippen LogP contribution in [0.3, 0.4) is 0 Å². The van der Waals surface area contributed by atoms with Crippen LogP contribution in [0.1, 0.15) is 37.7 Å². The standard InChI is InChI=1S/C17H28N2/c1-19(15-17-10-3-2-4-11-17)13-7-12-18-14-16-8-5-6-9-16/h2-4,10-11,16,18H,5-9,12-15H2,1H3. The van der Waals surface area contributed by atoms with Gasteiger partial charge in [0.25, 0.3) is 0 Å². The first-order chi connectivity index (χ1) is 9.34. The minimum absolute atomic E-state index is 0.960. The molecule has 0 saturated heterocycles. The molecule has 106 valence electrons. The zero-order valence-electron chi connectivity index (χ0n) is 12.3. The molecule has 1 aliphatic carbocycles. The molecule has 0 aromatic heterocycles. The highest BCUT2D eigenvalue weighted by Crippen LogP contribution is 2.23. The van der Waals surface area contributed by atoms with E-state index in [-0.39, 0.29) is 0 Å². The SMILES string of the molecule is CN(CCCNCC1CCCC1)Cc1ccccc1. The lowest BCUT2D eigenvalue weighted by Gasteiger charge is -2.17. The van der Waals surface area contributed by atoms with E-state index in [1.807, 2.05) is 0 Å². The van der Waals surface area contributed by atoms with Crippen LogP contribution in [0, 0.1) is 5.92 Å². The van der Waals surface area contributed by atoms with Gasteiger partial charge in [0.1, 0.15) is 0 Å². The average Bonchev–Trinajstić information content (AvgIpc) is 2.92. The third kappa shape index (κ3) is 5.75. The van der Waals surface area contributed by atoms with Gasteiger partial charge in [-0.15, -0.1) is 0 Å². The van der Waals surface area contributed by atoms with Crippen molar-refractivity contribution in [3.8, 4) is 0 Å². The molecule has 0 amide bonds. The molecule has 1 N–H and O–H groups in total. The number of hydrogen-bond donors (Lipinski definition) is 1. The molecule has 1 aromatic carbocycles. The lowest BCUT2D eigenvalue weighted by molar-refractivity contribution is 0.318. The molecule has 0 heterocycles. The van der Waals surface area contributed by atoms with E-state index in [2.05, 4.69) is 47.6 Å². The maximum absolute atomic E-state index is 3.62. The summed E-state index contributed by atoms with van der Waals surface area (Å²) in [7, 11) is 2.21. The van der Waals surface area contributed by atoms with Gasteiger partial charge in [-0.2, -0.15) is 0 Å². The van der Waals surface area contributed by atoms with E-state index >= 15 is 0 Å². The summed E-state index contributed by atoms with van der Waals surface area (Å²) in [6.45, 7) is 4.63. The summed E-state index contributed by atoms with van der Waals surface area (Å²) >= 11 is 0. The molecule has 2 nitrogen and oxygen atoms in total. The topological polar surface area (TPSA) is 15.3 Å². The quantitative estimate of drug-likeness (QED) is 0.722. The predicted molar refractivity (Wildman–Crippen MR) is 82.2 cm³/mol. The van der Waals surface area contributed by atoms with E-state index in [0.717, 1.165) is 19.0 Å². The summed E-state index contributed by atoms with van der Waals surface area (Å²) in [5.74, 6) is 0.960. The van der Waals surface area contributed by atoms with Gasteiger partial charge < -0.3 is 10.2 Å². The molecule has 19 heavy (non-hydrogen) atoms. The molecule has 2 rings (SSSR count). The zero-order chi connectivity index (χ0) is 13.3. The monoisotopic (exact) mass is 260 g/mol. The molecule has 0 bridgehead atoms. The maximum atomic E-state index is 3.62. The fourth-order valence-corrected chi connectivity index (χ4v) is 2.97. The van der Waals surface area contributed by atoms with E-state index in [0.29, 0.717) is 0 Å². The number of nitrogens with one attached hydrogen (secondary N) is 1. The van der Waals surface area contributed by atoms with Crippen molar-refractivity contribution in [1.82, 2.24) is 10.2 Å². The van der Waals surface area contributed by atoms with Gasteiger partial charge in [0.15, 0.2) is 0 Å². The third-order valence-corrected chi connectivity index (χ3v) is 4.10. The van der Waals surface area contributed by atoms with E-state index in [4.69, 9.17) is 0 Å². The Bertz CT molecular complexity index is 330. The van der Waals surface area contributed by atoms with Crippen LogP contribution in [0.5, 0.6) is 0 Å². The normalized spacial score (nSPS) is 16.3. The van der Waals surface area contributed by atoms with Gasteiger partial charge in [0, 0.05) is 6.54 Å². The van der Waals surface area contributed by atoms with Crippen molar-refractivity contribution in [3.63, 3.8) is 0 Å². The lowest BCUT2D eigenvalue weighted by atomic mass is 10.1. The van der Waals surface area contributed by atoms with Crippen molar-refractivity contribution >= 4 is 0 Å². The number of nitrogens with zero attached hydrogens (tertiary/aromatic N) is 1. The highest BCUT2D eigenvalue weighted by molar-refractivity contribution is 5.14. The Morgan fingerprint density at radius 1 is 1.16 bits per heavy atom. The zero-order valence-corrected chi connectivity index (χ0v) is 12.3. The Hall–Kier alpha value is -0.860. The second-order valence-corrected chi connectivity index (χ2v) is 5.93. The predicted octanol–water partition coefficient (Wildman–Crippen LogP) is 3.29. The van der Waals surface area contributed by atoms with E-state index in [1.54, 1.807) is 0 Å². The van der Waals surface area contributed by atoms with Gasteiger partial charge >= 0.3 is 0 Å². The van der Waals surface area contributed by atoms with Crippen molar-refractivity contribution in [1.29, 1.82) is 0 Å². The Balaban J connectivity index is 1.50. The molecule has 0 spiro atoms. The van der Waals surface area contributed by atoms with E-state index in [9.17, 15) is 0 Å². The van der Waals surface area contributed by atoms with Crippen LogP contribution in [0.4, 0.5) is 0 Å². The maximum Gasteiger partial charge on any atom is 0.0230 e. The molecule has 0 atom stereocenters. The van der Waals surface area contributed by atoms with Crippen molar-refractivity contribution < 1.29 is 0 Å². The Labute approximate surface area is 118 Å². The summed E-state index contributed by atoms with van der Waals surface area (Å²) in [6.07, 6.45) is 7.04. The summed E-state index contributed by atoms with van der Waals surface area (Å²) in [5.41, 5.74) is 1.41. The highest BCUT2D eigenvalue weighted by Gasteiger charge is 2.13. The Morgan fingerprint density at radius 3 is 2.63 bits per heavy atom. The Morgan fingerprint density at radius 2 is 1.89 bits per heavy atom. The molecule has 2 heteroatoms. The van der Waals surface area contributed by atoms with Gasteiger partial charge in [-0.05, 0) is 57.4 Å². The summed E-state index contributed by atoms with van der Waals surface area (Å²) in [4.78, 5) is 2.41. The van der Waals surface area contributed by atoms with E-state index < -0.39 is 0 Å². The van der Waals surface area contributed by atoms with Gasteiger partial charge in [-0.1, -0.05) is 43.2 Å². The second-order valence-electron chi connectivity index (χ2n) is 5.93. The van der Waals surface area contributed by atoms with Gasteiger partial charge in [-0.25, -0.2) is 0 Å². The first-order valence-electron chi connectivity index (χ1n) is 7.78. The van der Waals surface area contributed by atoms with Gasteiger partial charge in [-0.3, -0.25) is 0 Å². The smallest absolute Gasteiger partial charge is 0.0230 e. The molecule has 0 unspecified atom stereocenters. The van der Waals surface area contributed by atoms with Crippen molar-refractivity contribution in [2.45, 2.75) is 38.6 Å². The van der Waals surface area contributed by atoms with Crippen LogP contribution in [0.2, 0.25) is 0 Å². The second kappa shape index (κ2) is 8.34. The molecular weight excluding hydrogens is 232 g/mol. The summed E-state index contributed by atoms with van der Waals surface area (Å²) in [5, 5.41) is 3.62. The van der Waals surface area contributed by atoms with Crippen LogP contribution in [0.25, 0.3) is 0 Å². The molecular formula is C17H28N2.